The Labute approximate surface area is 137 Å². The highest BCUT2D eigenvalue weighted by Crippen LogP contribution is 2.30. The highest BCUT2D eigenvalue weighted by atomic mass is 16.5. The van der Waals surface area contributed by atoms with Crippen molar-refractivity contribution in [3.8, 4) is 16.9 Å². The Hall–Kier alpha value is -2.55. The zero-order valence-electron chi connectivity index (χ0n) is 13.6. The molecule has 23 heavy (non-hydrogen) atoms. The van der Waals surface area contributed by atoms with Gasteiger partial charge in [0, 0.05) is 17.6 Å². The Balaban J connectivity index is 1.98. The largest absolute Gasteiger partial charge is 0.490 e. The molecule has 0 bridgehead atoms. The Morgan fingerprint density at radius 2 is 1.74 bits per heavy atom. The minimum atomic E-state index is -0.359. The second-order valence-electron chi connectivity index (χ2n) is 5.50. The SMILES string of the molecule is C=C(C)C(=O)OCCC(C)Oc1ccccc1-c1ccccc1. The van der Waals surface area contributed by atoms with Crippen molar-refractivity contribution in [2.45, 2.75) is 26.4 Å². The summed E-state index contributed by atoms with van der Waals surface area (Å²) in [5.74, 6) is 0.472. The second kappa shape index (κ2) is 8.18. The van der Waals surface area contributed by atoms with Gasteiger partial charge in [0.25, 0.3) is 0 Å². The molecule has 0 aromatic heterocycles. The number of para-hydroxylation sites is 1. The summed E-state index contributed by atoms with van der Waals surface area (Å²) in [5.41, 5.74) is 2.58. The summed E-state index contributed by atoms with van der Waals surface area (Å²) in [4.78, 5) is 11.4. The maximum atomic E-state index is 11.4. The molecule has 0 saturated carbocycles. The third-order valence-electron chi connectivity index (χ3n) is 3.41. The highest BCUT2D eigenvalue weighted by molar-refractivity contribution is 5.86. The van der Waals surface area contributed by atoms with Gasteiger partial charge in [-0.3, -0.25) is 0 Å². The summed E-state index contributed by atoms with van der Waals surface area (Å²) in [6.45, 7) is 7.49. The van der Waals surface area contributed by atoms with E-state index in [2.05, 4.69) is 18.7 Å². The van der Waals surface area contributed by atoms with Gasteiger partial charge in [-0.25, -0.2) is 4.79 Å². The van der Waals surface area contributed by atoms with Crippen LogP contribution in [0.4, 0.5) is 0 Å². The number of carbonyl (C=O) groups is 1. The molecular formula is C20H22O3. The average Bonchev–Trinajstić information content (AvgIpc) is 2.56. The van der Waals surface area contributed by atoms with Crippen molar-refractivity contribution in [1.82, 2.24) is 0 Å². The number of esters is 1. The maximum absolute atomic E-state index is 11.4. The molecule has 0 aliphatic rings. The molecule has 0 radical (unpaired) electrons. The van der Waals surface area contributed by atoms with Crippen LogP contribution >= 0.6 is 0 Å². The predicted octanol–water partition coefficient (Wildman–Crippen LogP) is 4.63. The lowest BCUT2D eigenvalue weighted by molar-refractivity contribution is -0.139. The zero-order chi connectivity index (χ0) is 16.7. The van der Waals surface area contributed by atoms with E-state index in [4.69, 9.17) is 9.47 Å². The van der Waals surface area contributed by atoms with Crippen LogP contribution in [0.25, 0.3) is 11.1 Å². The zero-order valence-corrected chi connectivity index (χ0v) is 13.6. The fourth-order valence-corrected chi connectivity index (χ4v) is 2.14. The van der Waals surface area contributed by atoms with E-state index in [0.717, 1.165) is 16.9 Å². The number of rotatable bonds is 7. The van der Waals surface area contributed by atoms with Crippen LogP contribution in [0.2, 0.25) is 0 Å². The third kappa shape index (κ3) is 4.99. The quantitative estimate of drug-likeness (QED) is 0.552. The molecule has 0 aliphatic carbocycles. The fourth-order valence-electron chi connectivity index (χ4n) is 2.14. The summed E-state index contributed by atoms with van der Waals surface area (Å²) >= 11 is 0. The number of hydrogen-bond acceptors (Lipinski definition) is 3. The Bertz CT molecular complexity index is 662. The van der Waals surface area contributed by atoms with E-state index in [1.807, 2.05) is 49.4 Å². The standard InChI is InChI=1S/C20H22O3/c1-15(2)20(21)22-14-13-16(3)23-19-12-8-7-11-18(19)17-9-5-4-6-10-17/h4-12,16H,1,13-14H2,2-3H3. The highest BCUT2D eigenvalue weighted by Gasteiger charge is 2.11. The van der Waals surface area contributed by atoms with Crippen molar-refractivity contribution in [3.63, 3.8) is 0 Å². The van der Waals surface area contributed by atoms with Gasteiger partial charge in [0.15, 0.2) is 0 Å². The normalized spacial score (nSPS) is 11.6. The molecule has 0 aliphatic heterocycles. The van der Waals surface area contributed by atoms with Gasteiger partial charge in [0.1, 0.15) is 5.75 Å². The Kier molecular flexibility index (Phi) is 5.98. The van der Waals surface area contributed by atoms with Gasteiger partial charge >= 0.3 is 5.97 Å². The fraction of sp³-hybridized carbons (Fsp3) is 0.250. The lowest BCUT2D eigenvalue weighted by Gasteiger charge is -2.17. The van der Waals surface area contributed by atoms with Crippen LogP contribution in [0.1, 0.15) is 20.3 Å². The van der Waals surface area contributed by atoms with Crippen molar-refractivity contribution < 1.29 is 14.3 Å². The molecule has 120 valence electrons. The van der Waals surface area contributed by atoms with Gasteiger partial charge in [-0.1, -0.05) is 55.1 Å². The smallest absolute Gasteiger partial charge is 0.333 e. The van der Waals surface area contributed by atoms with Gasteiger partial charge < -0.3 is 9.47 Å². The first kappa shape index (κ1) is 16.8. The minimum Gasteiger partial charge on any atom is -0.490 e. The molecule has 2 rings (SSSR count). The van der Waals surface area contributed by atoms with Crippen molar-refractivity contribution in [2.75, 3.05) is 6.61 Å². The predicted molar refractivity (Wildman–Crippen MR) is 92.4 cm³/mol. The Morgan fingerprint density at radius 1 is 1.09 bits per heavy atom. The molecule has 3 nitrogen and oxygen atoms in total. The first-order chi connectivity index (χ1) is 11.1. The van der Waals surface area contributed by atoms with Crippen molar-refractivity contribution >= 4 is 5.97 Å². The van der Waals surface area contributed by atoms with Gasteiger partial charge in [-0.2, -0.15) is 0 Å². The van der Waals surface area contributed by atoms with Crippen LogP contribution in [-0.4, -0.2) is 18.7 Å². The molecular weight excluding hydrogens is 288 g/mol. The summed E-state index contributed by atoms with van der Waals surface area (Å²) in [6, 6.07) is 18.1. The topological polar surface area (TPSA) is 35.5 Å². The Morgan fingerprint density at radius 3 is 2.43 bits per heavy atom. The number of hydrogen-bond donors (Lipinski definition) is 0. The van der Waals surface area contributed by atoms with Crippen LogP contribution in [0.5, 0.6) is 5.75 Å². The minimum absolute atomic E-state index is 0.0576. The van der Waals surface area contributed by atoms with Crippen LogP contribution in [0.3, 0.4) is 0 Å². The van der Waals surface area contributed by atoms with Crippen LogP contribution in [-0.2, 0) is 9.53 Å². The molecule has 0 amide bonds. The van der Waals surface area contributed by atoms with Gasteiger partial charge in [0.05, 0.1) is 12.7 Å². The van der Waals surface area contributed by atoms with Crippen LogP contribution in [0, 0.1) is 0 Å². The van der Waals surface area contributed by atoms with E-state index >= 15 is 0 Å². The average molecular weight is 310 g/mol. The van der Waals surface area contributed by atoms with Crippen molar-refractivity contribution in [1.29, 1.82) is 0 Å². The van der Waals surface area contributed by atoms with E-state index in [9.17, 15) is 4.79 Å². The maximum Gasteiger partial charge on any atom is 0.333 e. The molecule has 0 saturated heterocycles. The lowest BCUT2D eigenvalue weighted by atomic mass is 10.0. The first-order valence-corrected chi connectivity index (χ1v) is 7.71. The number of ether oxygens (including phenoxy) is 2. The van der Waals surface area contributed by atoms with E-state index in [0.29, 0.717) is 18.6 Å². The second-order valence-corrected chi connectivity index (χ2v) is 5.50. The van der Waals surface area contributed by atoms with Crippen LogP contribution < -0.4 is 4.74 Å². The van der Waals surface area contributed by atoms with Gasteiger partial charge in [-0.15, -0.1) is 0 Å². The van der Waals surface area contributed by atoms with E-state index < -0.39 is 0 Å². The molecule has 1 unspecified atom stereocenters. The molecule has 0 spiro atoms. The first-order valence-electron chi connectivity index (χ1n) is 7.71. The van der Waals surface area contributed by atoms with Gasteiger partial charge in [0.2, 0.25) is 0 Å². The summed E-state index contributed by atoms with van der Waals surface area (Å²) in [7, 11) is 0. The van der Waals surface area contributed by atoms with Crippen molar-refractivity contribution in [2.24, 2.45) is 0 Å². The summed E-state index contributed by atoms with van der Waals surface area (Å²) in [5, 5.41) is 0. The molecule has 0 fully saturated rings. The van der Waals surface area contributed by atoms with Gasteiger partial charge in [-0.05, 0) is 25.5 Å². The molecule has 2 aromatic rings. The molecule has 0 heterocycles. The van der Waals surface area contributed by atoms with E-state index in [1.165, 1.54) is 0 Å². The molecule has 1 atom stereocenters. The molecule has 2 aromatic carbocycles. The summed E-state index contributed by atoms with van der Waals surface area (Å²) in [6.07, 6.45) is 0.570. The monoisotopic (exact) mass is 310 g/mol. The van der Waals surface area contributed by atoms with E-state index in [-0.39, 0.29) is 12.1 Å². The lowest BCUT2D eigenvalue weighted by Crippen LogP contribution is -2.17. The summed E-state index contributed by atoms with van der Waals surface area (Å²) < 4.78 is 11.1. The molecule has 3 heteroatoms. The number of carbonyl (C=O) groups excluding carboxylic acids is 1. The third-order valence-corrected chi connectivity index (χ3v) is 3.41. The molecule has 0 N–H and O–H groups in total. The van der Waals surface area contributed by atoms with Crippen molar-refractivity contribution in [3.05, 3.63) is 66.7 Å². The number of benzene rings is 2. The van der Waals surface area contributed by atoms with Crippen LogP contribution in [0.15, 0.2) is 66.7 Å². The van der Waals surface area contributed by atoms with E-state index in [1.54, 1.807) is 6.92 Å².